The summed E-state index contributed by atoms with van der Waals surface area (Å²) < 4.78 is 5.50. The van der Waals surface area contributed by atoms with Gasteiger partial charge in [0.15, 0.2) is 0 Å². The lowest BCUT2D eigenvalue weighted by atomic mass is 9.53. The summed E-state index contributed by atoms with van der Waals surface area (Å²) in [4.78, 5) is 0. The molecule has 1 saturated carbocycles. The van der Waals surface area contributed by atoms with Crippen LogP contribution in [0.25, 0.3) is 0 Å². The molecule has 0 saturated heterocycles. The molecule has 1 nitrogen and oxygen atoms in total. The van der Waals surface area contributed by atoms with Crippen molar-refractivity contribution in [2.45, 2.75) is 51.9 Å². The van der Waals surface area contributed by atoms with Crippen molar-refractivity contribution in [2.24, 2.45) is 23.2 Å². The lowest BCUT2D eigenvalue weighted by Gasteiger charge is -2.51. The summed E-state index contributed by atoms with van der Waals surface area (Å²) in [5, 5.41) is 0. The molecule has 118 valence electrons. The maximum Gasteiger partial charge on any atom is 0.0959 e. The third-order valence-electron chi connectivity index (χ3n) is 7.18. The van der Waals surface area contributed by atoms with Gasteiger partial charge in [0.1, 0.15) is 0 Å². The van der Waals surface area contributed by atoms with Crippen LogP contribution in [-0.2, 0) is 4.74 Å². The van der Waals surface area contributed by atoms with Gasteiger partial charge in [0.05, 0.1) is 12.9 Å². The van der Waals surface area contributed by atoms with Gasteiger partial charge in [-0.2, -0.15) is 0 Å². The van der Waals surface area contributed by atoms with Crippen LogP contribution in [0.2, 0.25) is 0 Å². The minimum absolute atomic E-state index is 0.406. The largest absolute Gasteiger partial charge is 0.501 e. The summed E-state index contributed by atoms with van der Waals surface area (Å²) in [5.41, 5.74) is 5.43. The molecule has 0 aromatic rings. The molecule has 1 fully saturated rings. The smallest absolute Gasteiger partial charge is 0.0959 e. The molecule has 0 aromatic heterocycles. The lowest BCUT2D eigenvalue weighted by molar-refractivity contribution is 0.0581. The molecule has 4 atom stereocenters. The van der Waals surface area contributed by atoms with Crippen molar-refractivity contribution in [3.63, 3.8) is 0 Å². The fourth-order valence-corrected chi connectivity index (χ4v) is 5.96. The Kier molecular flexibility index (Phi) is 3.36. The maximum atomic E-state index is 5.50. The third kappa shape index (κ3) is 1.90. The Bertz CT molecular complexity index is 591. The molecule has 4 rings (SSSR count). The average molecular weight is 296 g/mol. The zero-order valence-electron chi connectivity index (χ0n) is 14.0. The van der Waals surface area contributed by atoms with Crippen molar-refractivity contribution in [1.29, 1.82) is 0 Å². The first-order valence-electron chi connectivity index (χ1n) is 8.94. The summed E-state index contributed by atoms with van der Waals surface area (Å²) in [6.07, 6.45) is 15.8. The Balaban J connectivity index is 1.61. The standard InChI is InChI=1S/C21H28O/c1-4-15-6-10-20-19-8-5-14-13-16(22-3)7-9-17(14)18(19)11-12-21(15,20)2/h4,6-7,18-20H,1,5,8-13H2,2-3H3. The van der Waals surface area contributed by atoms with Crippen molar-refractivity contribution in [3.8, 4) is 0 Å². The molecule has 4 unspecified atom stereocenters. The Morgan fingerprint density at radius 2 is 2.18 bits per heavy atom. The maximum absolute atomic E-state index is 5.50. The highest BCUT2D eigenvalue weighted by Gasteiger charge is 2.51. The second-order valence-electron chi connectivity index (χ2n) is 7.86. The molecule has 0 radical (unpaired) electrons. The minimum Gasteiger partial charge on any atom is -0.501 e. The molecular weight excluding hydrogens is 268 g/mol. The zero-order chi connectivity index (χ0) is 15.3. The number of rotatable bonds is 2. The zero-order valence-corrected chi connectivity index (χ0v) is 14.0. The molecule has 0 aromatic carbocycles. The van der Waals surface area contributed by atoms with E-state index >= 15 is 0 Å². The van der Waals surface area contributed by atoms with Gasteiger partial charge in [-0.1, -0.05) is 36.8 Å². The van der Waals surface area contributed by atoms with E-state index in [1.807, 2.05) is 7.11 Å². The van der Waals surface area contributed by atoms with E-state index in [2.05, 4.69) is 31.7 Å². The number of ether oxygens (including phenoxy) is 1. The van der Waals surface area contributed by atoms with Gasteiger partial charge in [-0.15, -0.1) is 0 Å². The second kappa shape index (κ2) is 5.15. The first-order valence-corrected chi connectivity index (χ1v) is 8.94. The second-order valence-corrected chi connectivity index (χ2v) is 7.86. The van der Waals surface area contributed by atoms with Crippen molar-refractivity contribution >= 4 is 0 Å². The SMILES string of the molecule is C=CC1=CCC2C3CCC4=C(CC=C(OC)C4)C3CCC12C. The van der Waals surface area contributed by atoms with Crippen molar-refractivity contribution in [3.05, 3.63) is 47.3 Å². The highest BCUT2D eigenvalue weighted by molar-refractivity contribution is 5.37. The Morgan fingerprint density at radius 1 is 1.32 bits per heavy atom. The summed E-state index contributed by atoms with van der Waals surface area (Å²) in [6, 6.07) is 0. The van der Waals surface area contributed by atoms with E-state index < -0.39 is 0 Å². The molecule has 0 bridgehead atoms. The van der Waals surface area contributed by atoms with Crippen LogP contribution in [0, 0.1) is 23.2 Å². The molecule has 1 heteroatoms. The van der Waals surface area contributed by atoms with Crippen LogP contribution in [0.4, 0.5) is 0 Å². The topological polar surface area (TPSA) is 9.23 Å². The van der Waals surface area contributed by atoms with Crippen LogP contribution < -0.4 is 0 Å². The van der Waals surface area contributed by atoms with Crippen molar-refractivity contribution < 1.29 is 4.74 Å². The Hall–Kier alpha value is -1.24. The van der Waals surface area contributed by atoms with E-state index in [4.69, 9.17) is 4.74 Å². The van der Waals surface area contributed by atoms with Gasteiger partial charge in [-0.05, 0) is 73.3 Å². The molecule has 22 heavy (non-hydrogen) atoms. The van der Waals surface area contributed by atoms with E-state index in [1.165, 1.54) is 43.4 Å². The Morgan fingerprint density at radius 3 is 2.95 bits per heavy atom. The Labute approximate surface area is 134 Å². The van der Waals surface area contributed by atoms with Gasteiger partial charge in [0, 0.05) is 6.42 Å². The van der Waals surface area contributed by atoms with E-state index in [0.717, 1.165) is 30.6 Å². The summed E-state index contributed by atoms with van der Waals surface area (Å²) in [7, 11) is 1.82. The van der Waals surface area contributed by atoms with Gasteiger partial charge in [-0.3, -0.25) is 0 Å². The third-order valence-corrected chi connectivity index (χ3v) is 7.18. The van der Waals surface area contributed by atoms with Gasteiger partial charge in [-0.25, -0.2) is 0 Å². The molecule has 0 N–H and O–H groups in total. The van der Waals surface area contributed by atoms with Crippen LogP contribution in [0.3, 0.4) is 0 Å². The highest BCUT2D eigenvalue weighted by atomic mass is 16.5. The van der Waals surface area contributed by atoms with Crippen LogP contribution in [-0.4, -0.2) is 7.11 Å². The van der Waals surface area contributed by atoms with Crippen LogP contribution in [0.5, 0.6) is 0 Å². The number of fused-ring (bicyclic) bond motifs is 4. The minimum atomic E-state index is 0.406. The molecular formula is C21H28O. The van der Waals surface area contributed by atoms with Gasteiger partial charge in [0.25, 0.3) is 0 Å². The normalized spacial score (nSPS) is 40.2. The molecule has 0 heterocycles. The summed E-state index contributed by atoms with van der Waals surface area (Å²) in [6.45, 7) is 6.57. The van der Waals surface area contributed by atoms with Crippen LogP contribution in [0.15, 0.2) is 47.3 Å². The number of methoxy groups -OCH3 is 1. The van der Waals surface area contributed by atoms with Crippen molar-refractivity contribution in [2.75, 3.05) is 7.11 Å². The quantitative estimate of drug-likeness (QED) is 0.606. The van der Waals surface area contributed by atoms with E-state index in [9.17, 15) is 0 Å². The molecule has 0 amide bonds. The van der Waals surface area contributed by atoms with Gasteiger partial charge < -0.3 is 4.74 Å². The number of allylic oxidation sites excluding steroid dienone is 6. The first-order chi connectivity index (χ1) is 10.7. The first kappa shape index (κ1) is 14.4. The molecule has 0 aliphatic heterocycles. The summed E-state index contributed by atoms with van der Waals surface area (Å²) in [5.74, 6) is 3.77. The molecule has 0 spiro atoms. The number of hydrogen-bond donors (Lipinski definition) is 0. The van der Waals surface area contributed by atoms with Crippen LogP contribution >= 0.6 is 0 Å². The fourth-order valence-electron chi connectivity index (χ4n) is 5.96. The van der Waals surface area contributed by atoms with Crippen LogP contribution in [0.1, 0.15) is 51.9 Å². The van der Waals surface area contributed by atoms with Gasteiger partial charge in [0.2, 0.25) is 0 Å². The van der Waals surface area contributed by atoms with E-state index in [1.54, 1.807) is 11.1 Å². The highest BCUT2D eigenvalue weighted by Crippen LogP contribution is 2.61. The van der Waals surface area contributed by atoms with E-state index in [0.29, 0.717) is 5.41 Å². The summed E-state index contributed by atoms with van der Waals surface area (Å²) >= 11 is 0. The predicted molar refractivity (Wildman–Crippen MR) is 91.3 cm³/mol. The lowest BCUT2D eigenvalue weighted by Crippen LogP contribution is -2.42. The number of hydrogen-bond acceptors (Lipinski definition) is 1. The van der Waals surface area contributed by atoms with Gasteiger partial charge >= 0.3 is 0 Å². The monoisotopic (exact) mass is 296 g/mol. The predicted octanol–water partition coefficient (Wildman–Crippen LogP) is 5.57. The van der Waals surface area contributed by atoms with Crippen molar-refractivity contribution in [1.82, 2.24) is 0 Å². The molecule has 4 aliphatic rings. The fraction of sp³-hybridized carbons (Fsp3) is 0.619. The molecule has 4 aliphatic carbocycles. The average Bonchev–Trinajstić information content (AvgIpc) is 2.90. The van der Waals surface area contributed by atoms with E-state index in [-0.39, 0.29) is 0 Å².